The van der Waals surface area contributed by atoms with Gasteiger partial charge in [0.1, 0.15) is 5.75 Å². The molecule has 0 saturated heterocycles. The van der Waals surface area contributed by atoms with Crippen LogP contribution in [0.2, 0.25) is 0 Å². The third-order valence-corrected chi connectivity index (χ3v) is 3.72. The fourth-order valence-corrected chi connectivity index (χ4v) is 2.36. The molecule has 0 aromatic heterocycles. The molecule has 6 nitrogen and oxygen atoms in total. The SMILES string of the molecule is CCCNC(=O)c1cccc(NC(=O)CNc2ccc(OCCC)cc2)c1. The van der Waals surface area contributed by atoms with Gasteiger partial charge >= 0.3 is 0 Å². The third kappa shape index (κ3) is 7.01. The maximum atomic E-state index is 12.1. The number of carbonyl (C=O) groups excluding carboxylic acids is 2. The summed E-state index contributed by atoms with van der Waals surface area (Å²) in [5.74, 6) is 0.480. The summed E-state index contributed by atoms with van der Waals surface area (Å²) in [5, 5.41) is 8.68. The molecule has 144 valence electrons. The molecule has 3 N–H and O–H groups in total. The zero-order valence-corrected chi connectivity index (χ0v) is 15.9. The van der Waals surface area contributed by atoms with Crippen LogP contribution in [-0.2, 0) is 4.79 Å². The summed E-state index contributed by atoms with van der Waals surface area (Å²) in [6, 6.07) is 14.4. The van der Waals surface area contributed by atoms with Crippen molar-refractivity contribution in [1.29, 1.82) is 0 Å². The minimum Gasteiger partial charge on any atom is -0.494 e. The number of carbonyl (C=O) groups is 2. The van der Waals surface area contributed by atoms with Crippen molar-refractivity contribution in [2.45, 2.75) is 26.7 Å². The summed E-state index contributed by atoms with van der Waals surface area (Å²) in [4.78, 5) is 24.1. The van der Waals surface area contributed by atoms with Crippen LogP contribution in [0.25, 0.3) is 0 Å². The highest BCUT2D eigenvalue weighted by molar-refractivity contribution is 5.98. The topological polar surface area (TPSA) is 79.5 Å². The van der Waals surface area contributed by atoms with Crippen LogP contribution in [0.1, 0.15) is 37.0 Å². The zero-order valence-electron chi connectivity index (χ0n) is 15.9. The highest BCUT2D eigenvalue weighted by Crippen LogP contribution is 2.16. The first-order valence-electron chi connectivity index (χ1n) is 9.27. The Hall–Kier alpha value is -3.02. The third-order valence-electron chi connectivity index (χ3n) is 3.72. The van der Waals surface area contributed by atoms with Crippen LogP contribution in [0.3, 0.4) is 0 Å². The van der Waals surface area contributed by atoms with Crippen molar-refractivity contribution in [1.82, 2.24) is 5.32 Å². The molecule has 6 heteroatoms. The lowest BCUT2D eigenvalue weighted by Gasteiger charge is -2.10. The lowest BCUT2D eigenvalue weighted by Crippen LogP contribution is -2.24. The summed E-state index contributed by atoms with van der Waals surface area (Å²) in [5.41, 5.74) is 1.95. The molecule has 2 aromatic rings. The fourth-order valence-electron chi connectivity index (χ4n) is 2.36. The van der Waals surface area contributed by atoms with E-state index in [0.717, 1.165) is 24.3 Å². The van der Waals surface area contributed by atoms with Crippen molar-refractivity contribution in [3.05, 3.63) is 54.1 Å². The monoisotopic (exact) mass is 369 g/mol. The highest BCUT2D eigenvalue weighted by Gasteiger charge is 2.07. The molecular formula is C21H27N3O3. The molecule has 0 aliphatic carbocycles. The Morgan fingerprint density at radius 1 is 0.963 bits per heavy atom. The standard InChI is InChI=1S/C21H27N3O3/c1-3-12-22-21(26)16-6-5-7-18(14-16)24-20(25)15-23-17-8-10-19(11-9-17)27-13-4-2/h5-11,14,23H,3-4,12-13,15H2,1-2H3,(H,22,26)(H,24,25). The molecule has 2 rings (SSSR count). The van der Waals surface area contributed by atoms with Crippen LogP contribution in [0.15, 0.2) is 48.5 Å². The lowest BCUT2D eigenvalue weighted by molar-refractivity contribution is -0.114. The first-order valence-corrected chi connectivity index (χ1v) is 9.27. The number of rotatable bonds is 10. The summed E-state index contributed by atoms with van der Waals surface area (Å²) in [7, 11) is 0. The molecule has 0 fully saturated rings. The van der Waals surface area contributed by atoms with Crippen molar-refractivity contribution in [2.75, 3.05) is 30.3 Å². The molecule has 0 unspecified atom stereocenters. The van der Waals surface area contributed by atoms with E-state index in [1.807, 2.05) is 31.2 Å². The Balaban J connectivity index is 1.84. The number of benzene rings is 2. The molecule has 2 aromatic carbocycles. The van der Waals surface area contributed by atoms with E-state index in [1.54, 1.807) is 24.3 Å². The molecule has 0 heterocycles. The van der Waals surface area contributed by atoms with Gasteiger partial charge in [0.25, 0.3) is 5.91 Å². The van der Waals surface area contributed by atoms with Gasteiger partial charge in [-0.1, -0.05) is 19.9 Å². The summed E-state index contributed by atoms with van der Waals surface area (Å²) in [6.07, 6.45) is 1.83. The predicted octanol–water partition coefficient (Wildman–Crippen LogP) is 3.67. The second-order valence-electron chi connectivity index (χ2n) is 6.11. The molecule has 27 heavy (non-hydrogen) atoms. The molecular weight excluding hydrogens is 342 g/mol. The van der Waals surface area contributed by atoms with E-state index in [-0.39, 0.29) is 18.4 Å². The predicted molar refractivity (Wildman–Crippen MR) is 108 cm³/mol. The van der Waals surface area contributed by atoms with Gasteiger partial charge in [0.15, 0.2) is 0 Å². The first-order chi connectivity index (χ1) is 13.1. The van der Waals surface area contributed by atoms with Gasteiger partial charge in [0.05, 0.1) is 13.2 Å². The fraction of sp³-hybridized carbons (Fsp3) is 0.333. The van der Waals surface area contributed by atoms with Gasteiger partial charge in [0.2, 0.25) is 5.91 Å². The van der Waals surface area contributed by atoms with Crippen molar-refractivity contribution in [3.63, 3.8) is 0 Å². The minimum atomic E-state index is -0.188. The Morgan fingerprint density at radius 2 is 1.74 bits per heavy atom. The number of anilines is 2. The largest absolute Gasteiger partial charge is 0.494 e. The molecule has 0 aliphatic rings. The molecule has 2 amide bonds. The number of nitrogens with one attached hydrogen (secondary N) is 3. The van der Waals surface area contributed by atoms with Crippen molar-refractivity contribution < 1.29 is 14.3 Å². The zero-order chi connectivity index (χ0) is 19.5. The van der Waals surface area contributed by atoms with Crippen LogP contribution in [-0.4, -0.2) is 31.5 Å². The summed E-state index contributed by atoms with van der Waals surface area (Å²) < 4.78 is 5.53. The molecule has 0 aliphatic heterocycles. The smallest absolute Gasteiger partial charge is 0.251 e. The van der Waals surface area contributed by atoms with E-state index in [2.05, 4.69) is 22.9 Å². The molecule has 0 bridgehead atoms. The van der Waals surface area contributed by atoms with E-state index >= 15 is 0 Å². The average molecular weight is 369 g/mol. The molecule has 0 spiro atoms. The first kappa shape index (κ1) is 20.3. The van der Waals surface area contributed by atoms with Crippen molar-refractivity contribution >= 4 is 23.2 Å². The van der Waals surface area contributed by atoms with E-state index < -0.39 is 0 Å². The maximum Gasteiger partial charge on any atom is 0.251 e. The Labute approximate surface area is 160 Å². The van der Waals surface area contributed by atoms with Crippen molar-refractivity contribution in [3.8, 4) is 5.75 Å². The van der Waals surface area contributed by atoms with E-state index in [0.29, 0.717) is 24.4 Å². The number of ether oxygens (including phenoxy) is 1. The van der Waals surface area contributed by atoms with Gasteiger partial charge in [-0.05, 0) is 55.3 Å². The lowest BCUT2D eigenvalue weighted by atomic mass is 10.2. The Kier molecular flexibility index (Phi) is 8.16. The van der Waals surface area contributed by atoms with E-state index in [1.165, 1.54) is 0 Å². The number of hydrogen-bond donors (Lipinski definition) is 3. The normalized spacial score (nSPS) is 10.1. The molecule has 0 saturated carbocycles. The van der Waals surface area contributed by atoms with Gasteiger partial charge in [-0.2, -0.15) is 0 Å². The van der Waals surface area contributed by atoms with Gasteiger partial charge in [-0.15, -0.1) is 0 Å². The minimum absolute atomic E-state index is 0.126. The van der Waals surface area contributed by atoms with E-state index in [9.17, 15) is 9.59 Å². The second kappa shape index (κ2) is 10.9. The van der Waals surface area contributed by atoms with Gasteiger partial charge < -0.3 is 20.7 Å². The highest BCUT2D eigenvalue weighted by atomic mass is 16.5. The van der Waals surface area contributed by atoms with Crippen LogP contribution in [0, 0.1) is 0 Å². The summed E-state index contributed by atoms with van der Waals surface area (Å²) in [6.45, 7) is 5.49. The van der Waals surface area contributed by atoms with Crippen LogP contribution in [0.4, 0.5) is 11.4 Å². The Bertz CT molecular complexity index is 745. The van der Waals surface area contributed by atoms with Gasteiger partial charge in [-0.3, -0.25) is 9.59 Å². The van der Waals surface area contributed by atoms with Crippen molar-refractivity contribution in [2.24, 2.45) is 0 Å². The Morgan fingerprint density at radius 3 is 2.44 bits per heavy atom. The van der Waals surface area contributed by atoms with Gasteiger partial charge in [-0.25, -0.2) is 0 Å². The average Bonchev–Trinajstić information content (AvgIpc) is 2.70. The quantitative estimate of drug-likeness (QED) is 0.597. The van der Waals surface area contributed by atoms with Gasteiger partial charge in [0, 0.05) is 23.5 Å². The maximum absolute atomic E-state index is 12.1. The number of hydrogen-bond acceptors (Lipinski definition) is 4. The summed E-state index contributed by atoms with van der Waals surface area (Å²) >= 11 is 0. The molecule has 0 atom stereocenters. The number of amides is 2. The van der Waals surface area contributed by atoms with Crippen LogP contribution in [0.5, 0.6) is 5.75 Å². The molecule has 0 radical (unpaired) electrons. The van der Waals surface area contributed by atoms with Crippen LogP contribution < -0.4 is 20.7 Å². The second-order valence-corrected chi connectivity index (χ2v) is 6.11. The van der Waals surface area contributed by atoms with E-state index in [4.69, 9.17) is 4.74 Å². The van der Waals surface area contributed by atoms with Crippen LogP contribution >= 0.6 is 0 Å².